The highest BCUT2D eigenvalue weighted by Gasteiger charge is 1.99. The van der Waals surface area contributed by atoms with E-state index in [2.05, 4.69) is 4.98 Å². The maximum Gasteiger partial charge on any atom is 0.128 e. The SMILES string of the molecule is C[C@H](N)C/C=C/c1cnc(N)c(CO)c1.Cl.Cl. The van der Waals surface area contributed by atoms with Crippen molar-refractivity contribution in [2.75, 3.05) is 5.73 Å². The second kappa shape index (κ2) is 9.24. The van der Waals surface area contributed by atoms with E-state index in [1.807, 2.05) is 25.1 Å². The number of nitrogen functional groups attached to an aromatic ring is 1. The van der Waals surface area contributed by atoms with E-state index >= 15 is 0 Å². The summed E-state index contributed by atoms with van der Waals surface area (Å²) >= 11 is 0. The minimum Gasteiger partial charge on any atom is -0.392 e. The molecule has 1 rings (SSSR count). The molecule has 0 aromatic carbocycles. The molecule has 0 fully saturated rings. The number of halogens is 2. The van der Waals surface area contributed by atoms with Gasteiger partial charge in [-0.05, 0) is 25.0 Å². The summed E-state index contributed by atoms with van der Waals surface area (Å²) in [5.74, 6) is 0.377. The molecule has 0 saturated carbocycles. The van der Waals surface area contributed by atoms with Crippen LogP contribution in [-0.2, 0) is 6.61 Å². The van der Waals surface area contributed by atoms with Crippen LogP contribution in [0.3, 0.4) is 0 Å². The molecule has 0 aliphatic heterocycles. The summed E-state index contributed by atoms with van der Waals surface area (Å²) in [6.07, 6.45) is 6.40. The van der Waals surface area contributed by atoms with Gasteiger partial charge in [-0.2, -0.15) is 0 Å². The van der Waals surface area contributed by atoms with E-state index in [0.29, 0.717) is 11.4 Å². The highest BCUT2D eigenvalue weighted by molar-refractivity contribution is 5.85. The molecular weight excluding hydrogens is 261 g/mol. The predicted molar refractivity (Wildman–Crippen MR) is 76.4 cm³/mol. The van der Waals surface area contributed by atoms with Gasteiger partial charge in [0.1, 0.15) is 5.82 Å². The van der Waals surface area contributed by atoms with Gasteiger partial charge in [0.25, 0.3) is 0 Å². The van der Waals surface area contributed by atoms with Crippen molar-refractivity contribution in [1.82, 2.24) is 4.98 Å². The number of nitrogens with two attached hydrogens (primary N) is 2. The number of aliphatic hydroxyl groups is 1. The van der Waals surface area contributed by atoms with Crippen molar-refractivity contribution in [2.45, 2.75) is 26.0 Å². The van der Waals surface area contributed by atoms with E-state index in [1.165, 1.54) is 0 Å². The van der Waals surface area contributed by atoms with Gasteiger partial charge in [0.15, 0.2) is 0 Å². The molecule has 17 heavy (non-hydrogen) atoms. The number of anilines is 1. The van der Waals surface area contributed by atoms with Gasteiger partial charge >= 0.3 is 0 Å². The number of pyridine rings is 1. The minimum atomic E-state index is -0.0895. The Morgan fingerprint density at radius 1 is 1.47 bits per heavy atom. The molecule has 1 aromatic rings. The zero-order valence-corrected chi connectivity index (χ0v) is 11.3. The van der Waals surface area contributed by atoms with Crippen LogP contribution in [-0.4, -0.2) is 16.1 Å². The molecule has 0 radical (unpaired) electrons. The Bertz CT molecular complexity index is 357. The van der Waals surface area contributed by atoms with Crippen molar-refractivity contribution in [1.29, 1.82) is 0 Å². The predicted octanol–water partition coefficient (Wildman–Crippen LogP) is 1.75. The van der Waals surface area contributed by atoms with E-state index in [9.17, 15) is 0 Å². The fourth-order valence-corrected chi connectivity index (χ4v) is 1.18. The van der Waals surface area contributed by atoms with Crippen molar-refractivity contribution in [3.63, 3.8) is 0 Å². The van der Waals surface area contributed by atoms with Gasteiger partial charge in [-0.1, -0.05) is 12.2 Å². The van der Waals surface area contributed by atoms with Gasteiger partial charge in [-0.3, -0.25) is 0 Å². The Hall–Kier alpha value is -0.810. The molecule has 98 valence electrons. The first-order valence-corrected chi connectivity index (χ1v) is 4.91. The molecule has 0 unspecified atom stereocenters. The van der Waals surface area contributed by atoms with Gasteiger partial charge in [-0.15, -0.1) is 24.8 Å². The summed E-state index contributed by atoms with van der Waals surface area (Å²) in [4.78, 5) is 3.98. The van der Waals surface area contributed by atoms with E-state index in [4.69, 9.17) is 16.6 Å². The van der Waals surface area contributed by atoms with Crippen molar-refractivity contribution in [3.8, 4) is 0 Å². The molecule has 0 aliphatic rings. The zero-order chi connectivity index (χ0) is 11.3. The molecular formula is C11H19Cl2N3O. The maximum absolute atomic E-state index is 8.99. The molecule has 0 amide bonds. The molecule has 0 spiro atoms. The minimum absolute atomic E-state index is 0. The lowest BCUT2D eigenvalue weighted by Gasteiger charge is -2.02. The van der Waals surface area contributed by atoms with Crippen LogP contribution in [0.1, 0.15) is 24.5 Å². The molecule has 0 aliphatic carbocycles. The number of aliphatic hydroxyl groups excluding tert-OH is 1. The Labute approximate surface area is 114 Å². The lowest BCUT2D eigenvalue weighted by Crippen LogP contribution is -2.12. The molecule has 5 N–H and O–H groups in total. The third-order valence-electron chi connectivity index (χ3n) is 2.01. The van der Waals surface area contributed by atoms with E-state index in [0.717, 1.165) is 12.0 Å². The van der Waals surface area contributed by atoms with E-state index < -0.39 is 0 Å². The van der Waals surface area contributed by atoms with Crippen molar-refractivity contribution >= 4 is 36.7 Å². The lowest BCUT2D eigenvalue weighted by molar-refractivity contribution is 0.282. The molecule has 1 atom stereocenters. The maximum atomic E-state index is 8.99. The third kappa shape index (κ3) is 6.48. The number of aromatic nitrogens is 1. The standard InChI is InChI=1S/C11H17N3O.2ClH/c1-8(12)3-2-4-9-5-10(7-15)11(13)14-6-9;;/h2,4-6,8,15H,3,7,12H2,1H3,(H2,13,14);2*1H/b4-2+;;/t8-;;/m0../s1. The fraction of sp³-hybridized carbons (Fsp3) is 0.364. The number of nitrogens with zero attached hydrogens (tertiary/aromatic N) is 1. The molecule has 0 bridgehead atoms. The fourth-order valence-electron chi connectivity index (χ4n) is 1.18. The van der Waals surface area contributed by atoms with Crippen LogP contribution in [0.15, 0.2) is 18.3 Å². The quantitative estimate of drug-likeness (QED) is 0.784. The van der Waals surface area contributed by atoms with Crippen LogP contribution >= 0.6 is 24.8 Å². The first kappa shape index (κ1) is 18.6. The summed E-state index contributed by atoms with van der Waals surface area (Å²) in [5.41, 5.74) is 12.7. The van der Waals surface area contributed by atoms with Gasteiger partial charge < -0.3 is 16.6 Å². The molecule has 1 aromatic heterocycles. The summed E-state index contributed by atoms with van der Waals surface area (Å²) < 4.78 is 0. The first-order valence-electron chi connectivity index (χ1n) is 4.91. The molecule has 0 saturated heterocycles. The largest absolute Gasteiger partial charge is 0.392 e. The highest BCUT2D eigenvalue weighted by atomic mass is 35.5. The van der Waals surface area contributed by atoms with Crippen molar-refractivity contribution in [2.24, 2.45) is 5.73 Å². The van der Waals surface area contributed by atoms with Gasteiger partial charge in [0, 0.05) is 17.8 Å². The van der Waals surface area contributed by atoms with E-state index in [1.54, 1.807) is 6.20 Å². The Morgan fingerprint density at radius 2 is 2.12 bits per heavy atom. The molecule has 4 nitrogen and oxygen atoms in total. The van der Waals surface area contributed by atoms with Crippen LogP contribution < -0.4 is 11.5 Å². The van der Waals surface area contributed by atoms with Crippen molar-refractivity contribution in [3.05, 3.63) is 29.5 Å². The lowest BCUT2D eigenvalue weighted by atomic mass is 10.1. The molecule has 6 heteroatoms. The summed E-state index contributed by atoms with van der Waals surface area (Å²) in [7, 11) is 0. The average molecular weight is 280 g/mol. The van der Waals surface area contributed by atoms with Crippen molar-refractivity contribution < 1.29 is 5.11 Å². The first-order chi connectivity index (χ1) is 7.13. The van der Waals surface area contributed by atoms with Crippen LogP contribution in [0.2, 0.25) is 0 Å². The molecule has 1 heterocycles. The topological polar surface area (TPSA) is 85.2 Å². The summed E-state index contributed by atoms with van der Waals surface area (Å²) in [6, 6.07) is 1.97. The smallest absolute Gasteiger partial charge is 0.128 e. The van der Waals surface area contributed by atoms with Crippen LogP contribution in [0.25, 0.3) is 6.08 Å². The van der Waals surface area contributed by atoms with E-state index in [-0.39, 0.29) is 37.5 Å². The summed E-state index contributed by atoms with van der Waals surface area (Å²) in [6.45, 7) is 1.86. The highest BCUT2D eigenvalue weighted by Crippen LogP contribution is 2.12. The Kier molecular flexibility index (Phi) is 10.1. The second-order valence-electron chi connectivity index (χ2n) is 3.59. The van der Waals surface area contributed by atoms with Crippen LogP contribution in [0.4, 0.5) is 5.82 Å². The third-order valence-corrected chi connectivity index (χ3v) is 2.01. The van der Waals surface area contributed by atoms with Crippen LogP contribution in [0.5, 0.6) is 0 Å². The normalized spacial score (nSPS) is 11.7. The summed E-state index contributed by atoms with van der Waals surface area (Å²) in [5, 5.41) is 8.99. The monoisotopic (exact) mass is 279 g/mol. The Balaban J connectivity index is 0. The Morgan fingerprint density at radius 3 is 2.65 bits per heavy atom. The van der Waals surface area contributed by atoms with Gasteiger partial charge in [0.05, 0.1) is 6.61 Å². The van der Waals surface area contributed by atoms with Gasteiger partial charge in [-0.25, -0.2) is 4.98 Å². The zero-order valence-electron chi connectivity index (χ0n) is 9.67. The van der Waals surface area contributed by atoms with Gasteiger partial charge in [0.2, 0.25) is 0 Å². The van der Waals surface area contributed by atoms with Crippen LogP contribution in [0, 0.1) is 0 Å². The average Bonchev–Trinajstić information content (AvgIpc) is 2.20. The second-order valence-corrected chi connectivity index (χ2v) is 3.59. The number of rotatable bonds is 4. The number of hydrogen-bond acceptors (Lipinski definition) is 4. The number of hydrogen-bond donors (Lipinski definition) is 3.